The molecular weight excluding hydrogens is 236 g/mol. The maximum Gasteiger partial charge on any atom is 0.411 e. The summed E-state index contributed by atoms with van der Waals surface area (Å²) in [6, 6.07) is 3.37. The Morgan fingerprint density at radius 2 is 1.78 bits per heavy atom. The van der Waals surface area contributed by atoms with E-state index < -0.39 is 12.2 Å². The monoisotopic (exact) mass is 252 g/mol. The zero-order valence-corrected chi connectivity index (χ0v) is 10.8. The Labute approximate surface area is 105 Å². The minimum Gasteiger partial charge on any atom is -0.465 e. The number of rotatable bonds is 2. The van der Waals surface area contributed by atoms with E-state index in [9.17, 15) is 9.59 Å². The summed E-state index contributed by atoms with van der Waals surface area (Å²) >= 11 is 0. The summed E-state index contributed by atoms with van der Waals surface area (Å²) < 4.78 is 4.53. The van der Waals surface area contributed by atoms with Crippen molar-refractivity contribution in [2.75, 3.05) is 24.4 Å². The number of hydrogen-bond acceptors (Lipinski definition) is 3. The number of nitrogens with zero attached hydrogens (tertiary/aromatic N) is 1. The van der Waals surface area contributed by atoms with E-state index in [0.717, 1.165) is 16.0 Å². The van der Waals surface area contributed by atoms with Gasteiger partial charge in [-0.25, -0.2) is 9.59 Å². The Morgan fingerprint density at radius 1 is 1.28 bits per heavy atom. The first-order valence-electron chi connectivity index (χ1n) is 5.29. The summed E-state index contributed by atoms with van der Waals surface area (Å²) in [4.78, 5) is 23.2. The predicted molar refractivity (Wildman–Crippen MR) is 68.4 cm³/mol. The van der Waals surface area contributed by atoms with Crippen LogP contribution >= 0.6 is 0 Å². The van der Waals surface area contributed by atoms with E-state index in [1.54, 1.807) is 26.0 Å². The lowest BCUT2D eigenvalue weighted by atomic mass is 10.1. The van der Waals surface area contributed by atoms with Crippen LogP contribution in [0.5, 0.6) is 0 Å². The van der Waals surface area contributed by atoms with E-state index in [2.05, 4.69) is 10.1 Å². The van der Waals surface area contributed by atoms with Crippen molar-refractivity contribution >= 4 is 23.6 Å². The minimum atomic E-state index is -1.04. The summed E-state index contributed by atoms with van der Waals surface area (Å²) in [5.41, 5.74) is 2.71. The molecule has 0 bridgehead atoms. The van der Waals surface area contributed by atoms with Crippen LogP contribution in [0.3, 0.4) is 0 Å². The second-order valence-electron chi connectivity index (χ2n) is 3.91. The highest BCUT2D eigenvalue weighted by atomic mass is 16.5. The number of nitrogens with one attached hydrogen (secondary N) is 1. The first kappa shape index (κ1) is 13.8. The van der Waals surface area contributed by atoms with Gasteiger partial charge < -0.3 is 9.84 Å². The molecule has 6 nitrogen and oxygen atoms in total. The number of ether oxygens (including phenoxy) is 1. The zero-order chi connectivity index (χ0) is 13.9. The van der Waals surface area contributed by atoms with Crippen molar-refractivity contribution in [1.29, 1.82) is 0 Å². The van der Waals surface area contributed by atoms with Gasteiger partial charge in [-0.2, -0.15) is 0 Å². The Kier molecular flexibility index (Phi) is 4.14. The molecule has 0 aromatic heterocycles. The number of hydrogen-bond donors (Lipinski definition) is 2. The SMILES string of the molecule is COC(=O)Nc1c(C)cc(N(C)C(=O)O)cc1C. The first-order chi connectivity index (χ1) is 8.36. The molecule has 0 heterocycles. The number of amides is 2. The summed E-state index contributed by atoms with van der Waals surface area (Å²) in [5, 5.41) is 11.5. The highest BCUT2D eigenvalue weighted by Crippen LogP contribution is 2.26. The molecule has 2 N–H and O–H groups in total. The molecule has 0 fully saturated rings. The average Bonchev–Trinajstić information content (AvgIpc) is 2.31. The third-order valence-corrected chi connectivity index (χ3v) is 2.60. The van der Waals surface area contributed by atoms with Crippen molar-refractivity contribution in [3.05, 3.63) is 23.3 Å². The van der Waals surface area contributed by atoms with Gasteiger partial charge in [0.1, 0.15) is 0 Å². The van der Waals surface area contributed by atoms with Crippen LogP contribution in [-0.4, -0.2) is 31.5 Å². The van der Waals surface area contributed by atoms with Crippen molar-refractivity contribution in [3.8, 4) is 0 Å². The van der Waals surface area contributed by atoms with Gasteiger partial charge in [0, 0.05) is 18.4 Å². The Balaban J connectivity index is 3.12. The molecule has 1 aromatic rings. The molecule has 98 valence electrons. The van der Waals surface area contributed by atoms with E-state index in [1.165, 1.54) is 14.2 Å². The summed E-state index contributed by atoms with van der Waals surface area (Å²) in [5.74, 6) is 0. The number of methoxy groups -OCH3 is 1. The quantitative estimate of drug-likeness (QED) is 0.847. The summed E-state index contributed by atoms with van der Waals surface area (Å²) in [6.45, 7) is 3.58. The van der Waals surface area contributed by atoms with Crippen LogP contribution in [0.2, 0.25) is 0 Å². The van der Waals surface area contributed by atoms with Gasteiger partial charge in [-0.05, 0) is 37.1 Å². The molecule has 18 heavy (non-hydrogen) atoms. The topological polar surface area (TPSA) is 78.9 Å². The molecule has 0 aliphatic carbocycles. The molecule has 0 atom stereocenters. The smallest absolute Gasteiger partial charge is 0.411 e. The molecular formula is C12H16N2O4. The van der Waals surface area contributed by atoms with Gasteiger partial charge in [0.2, 0.25) is 0 Å². The Hall–Kier alpha value is -2.24. The van der Waals surface area contributed by atoms with Crippen molar-refractivity contribution in [2.45, 2.75) is 13.8 Å². The molecule has 0 saturated carbocycles. The molecule has 0 radical (unpaired) electrons. The molecule has 0 aliphatic heterocycles. The normalized spacial score (nSPS) is 9.78. The summed E-state index contributed by atoms with van der Waals surface area (Å²) in [7, 11) is 2.75. The van der Waals surface area contributed by atoms with Crippen LogP contribution in [0.25, 0.3) is 0 Å². The maximum absolute atomic E-state index is 11.2. The molecule has 6 heteroatoms. The van der Waals surface area contributed by atoms with Gasteiger partial charge in [-0.1, -0.05) is 0 Å². The van der Waals surface area contributed by atoms with Crippen molar-refractivity contribution < 1.29 is 19.4 Å². The minimum absolute atomic E-state index is 0.549. The lowest BCUT2D eigenvalue weighted by Crippen LogP contribution is -2.24. The van der Waals surface area contributed by atoms with Gasteiger partial charge in [-0.3, -0.25) is 10.2 Å². The van der Waals surface area contributed by atoms with Crippen LogP contribution in [-0.2, 0) is 4.74 Å². The van der Waals surface area contributed by atoms with Gasteiger partial charge in [0.15, 0.2) is 0 Å². The lowest BCUT2D eigenvalue weighted by molar-refractivity contribution is 0.187. The standard InChI is InChI=1S/C12H16N2O4/c1-7-5-9(14(3)12(16)17)6-8(2)10(7)13-11(15)18-4/h5-6H,1-4H3,(H,13,15)(H,16,17). The van der Waals surface area contributed by atoms with Crippen LogP contribution in [0, 0.1) is 13.8 Å². The molecule has 1 rings (SSSR count). The number of carboxylic acid groups (broad SMARTS) is 1. The Morgan fingerprint density at radius 3 is 2.17 bits per heavy atom. The zero-order valence-electron chi connectivity index (χ0n) is 10.8. The van der Waals surface area contributed by atoms with E-state index in [0.29, 0.717) is 11.4 Å². The highest BCUT2D eigenvalue weighted by Gasteiger charge is 2.13. The van der Waals surface area contributed by atoms with Gasteiger partial charge in [-0.15, -0.1) is 0 Å². The van der Waals surface area contributed by atoms with Gasteiger partial charge in [0.05, 0.1) is 7.11 Å². The van der Waals surface area contributed by atoms with Gasteiger partial charge >= 0.3 is 12.2 Å². The second kappa shape index (κ2) is 5.39. The fraction of sp³-hybridized carbons (Fsp3) is 0.333. The third kappa shape index (κ3) is 2.91. The fourth-order valence-electron chi connectivity index (χ4n) is 1.60. The average molecular weight is 252 g/mol. The van der Waals surface area contributed by atoms with Gasteiger partial charge in [0.25, 0.3) is 0 Å². The van der Waals surface area contributed by atoms with Crippen LogP contribution in [0.1, 0.15) is 11.1 Å². The van der Waals surface area contributed by atoms with E-state index in [4.69, 9.17) is 5.11 Å². The number of anilines is 2. The molecule has 0 unspecified atom stereocenters. The number of carbonyl (C=O) groups is 2. The predicted octanol–water partition coefficient (Wildman–Crippen LogP) is 2.60. The number of carbonyl (C=O) groups excluding carboxylic acids is 1. The third-order valence-electron chi connectivity index (χ3n) is 2.60. The molecule has 1 aromatic carbocycles. The largest absolute Gasteiger partial charge is 0.465 e. The van der Waals surface area contributed by atoms with Crippen molar-refractivity contribution in [3.63, 3.8) is 0 Å². The molecule has 0 saturated heterocycles. The van der Waals surface area contributed by atoms with E-state index in [-0.39, 0.29) is 0 Å². The van der Waals surface area contributed by atoms with Crippen LogP contribution in [0.4, 0.5) is 21.0 Å². The maximum atomic E-state index is 11.2. The van der Waals surface area contributed by atoms with Crippen LogP contribution in [0.15, 0.2) is 12.1 Å². The molecule has 2 amide bonds. The molecule has 0 aliphatic rings. The molecule has 0 spiro atoms. The van der Waals surface area contributed by atoms with Crippen molar-refractivity contribution in [1.82, 2.24) is 0 Å². The first-order valence-corrected chi connectivity index (χ1v) is 5.29. The highest BCUT2D eigenvalue weighted by molar-refractivity contribution is 5.90. The van der Waals surface area contributed by atoms with E-state index in [1.807, 2.05) is 0 Å². The second-order valence-corrected chi connectivity index (χ2v) is 3.91. The Bertz CT molecular complexity index is 462. The van der Waals surface area contributed by atoms with E-state index >= 15 is 0 Å². The van der Waals surface area contributed by atoms with Crippen molar-refractivity contribution in [2.24, 2.45) is 0 Å². The lowest BCUT2D eigenvalue weighted by Gasteiger charge is -2.17. The fourth-order valence-corrected chi connectivity index (χ4v) is 1.60. The van der Waals surface area contributed by atoms with Crippen LogP contribution < -0.4 is 10.2 Å². The number of aryl methyl sites for hydroxylation is 2. The number of benzene rings is 1. The summed E-state index contributed by atoms with van der Waals surface area (Å²) in [6.07, 6.45) is -1.59.